The number of rotatable bonds is 0. The summed E-state index contributed by atoms with van der Waals surface area (Å²) in [5, 5.41) is 0. The van der Waals surface area contributed by atoms with Gasteiger partial charge in [0.1, 0.15) is 5.52 Å². The fraction of sp³-hybridized carbons (Fsp3) is 0. The van der Waals surface area contributed by atoms with Gasteiger partial charge in [0.05, 0.1) is 5.52 Å². The normalized spacial score (nSPS) is 10.8. The van der Waals surface area contributed by atoms with Crippen LogP contribution in [0.25, 0.3) is 11.0 Å². The minimum absolute atomic E-state index is 0.0741. The van der Waals surface area contributed by atoms with Crippen LogP contribution in [0.4, 0.5) is 8.78 Å². The van der Waals surface area contributed by atoms with Crippen molar-refractivity contribution in [2.75, 3.05) is 0 Å². The Bertz CT molecular complexity index is 487. The van der Waals surface area contributed by atoms with Crippen LogP contribution in [-0.2, 0) is 0 Å². The highest BCUT2D eigenvalue weighted by molar-refractivity contribution is 5.73. The predicted molar refractivity (Wildman–Crippen MR) is 36.6 cm³/mol. The minimum atomic E-state index is -1.02. The number of aromatic amines is 2. The van der Waals surface area contributed by atoms with Gasteiger partial charge in [-0.25, -0.2) is 4.79 Å². The Morgan fingerprint density at radius 2 is 2.08 bits per heavy atom. The van der Waals surface area contributed by atoms with E-state index in [1.807, 2.05) is 0 Å². The maximum atomic E-state index is 12.7. The summed E-state index contributed by atoms with van der Waals surface area (Å²) in [6, 6.07) is 0.941. The van der Waals surface area contributed by atoms with Crippen molar-refractivity contribution >= 4 is 11.0 Å². The van der Waals surface area contributed by atoms with Gasteiger partial charge in [0.25, 0.3) is 0 Å². The van der Waals surface area contributed by atoms with Gasteiger partial charge in [-0.1, -0.05) is 0 Å². The van der Waals surface area contributed by atoms with Crippen molar-refractivity contribution < 1.29 is 8.78 Å². The van der Waals surface area contributed by atoms with Crippen LogP contribution in [0.5, 0.6) is 0 Å². The van der Waals surface area contributed by atoms with E-state index in [0.29, 0.717) is 0 Å². The highest BCUT2D eigenvalue weighted by Gasteiger charge is 2.07. The van der Waals surface area contributed by atoms with Crippen LogP contribution in [0.15, 0.2) is 10.9 Å². The number of pyridine rings is 1. The maximum absolute atomic E-state index is 12.7. The molecule has 62 valence electrons. The molecule has 0 saturated heterocycles. The summed E-state index contributed by atoms with van der Waals surface area (Å²) in [7, 11) is 0. The molecule has 0 saturated carbocycles. The fourth-order valence-electron chi connectivity index (χ4n) is 0.969. The molecule has 0 aromatic carbocycles. The Kier molecular flexibility index (Phi) is 1.24. The molecular formula is C6H3F2N3O. The highest BCUT2D eigenvalue weighted by atomic mass is 19.1. The third-order valence-corrected chi connectivity index (χ3v) is 1.43. The molecule has 0 fully saturated rings. The molecule has 2 aromatic heterocycles. The van der Waals surface area contributed by atoms with Crippen LogP contribution >= 0.6 is 0 Å². The van der Waals surface area contributed by atoms with E-state index in [9.17, 15) is 13.6 Å². The molecule has 0 aliphatic heterocycles. The zero-order chi connectivity index (χ0) is 8.72. The second-order valence-electron chi connectivity index (χ2n) is 2.24. The minimum Gasteiger partial charge on any atom is -0.305 e. The smallest absolute Gasteiger partial charge is 0.305 e. The summed E-state index contributed by atoms with van der Waals surface area (Å²) in [5.41, 5.74) is -0.622. The molecular weight excluding hydrogens is 168 g/mol. The van der Waals surface area contributed by atoms with E-state index in [0.717, 1.165) is 6.07 Å². The van der Waals surface area contributed by atoms with Crippen molar-refractivity contribution in [3.05, 3.63) is 28.4 Å². The zero-order valence-electron chi connectivity index (χ0n) is 5.69. The fourth-order valence-corrected chi connectivity index (χ4v) is 0.969. The second kappa shape index (κ2) is 2.13. The molecule has 0 radical (unpaired) electrons. The number of halogens is 2. The summed E-state index contributed by atoms with van der Waals surface area (Å²) in [6.07, 6.45) is 0. The first kappa shape index (κ1) is 6.96. The average molecular weight is 171 g/mol. The average Bonchev–Trinajstić information content (AvgIpc) is 2.29. The first-order valence-electron chi connectivity index (χ1n) is 3.11. The Hall–Kier alpha value is -1.72. The van der Waals surface area contributed by atoms with Gasteiger partial charge >= 0.3 is 5.69 Å². The monoisotopic (exact) mass is 171 g/mol. The Morgan fingerprint density at radius 3 is 2.83 bits per heavy atom. The van der Waals surface area contributed by atoms with Gasteiger partial charge < -0.3 is 9.97 Å². The number of nitrogens with one attached hydrogen (secondary N) is 2. The van der Waals surface area contributed by atoms with E-state index in [-0.39, 0.29) is 11.0 Å². The molecule has 0 aliphatic carbocycles. The van der Waals surface area contributed by atoms with Gasteiger partial charge in [0.15, 0.2) is 0 Å². The van der Waals surface area contributed by atoms with Crippen LogP contribution in [-0.4, -0.2) is 15.0 Å². The summed E-state index contributed by atoms with van der Waals surface area (Å²) >= 11 is 0. The lowest BCUT2D eigenvalue weighted by Crippen LogP contribution is -1.99. The summed E-state index contributed by atoms with van der Waals surface area (Å²) in [6.45, 7) is 0. The molecule has 0 aliphatic rings. The first-order chi connectivity index (χ1) is 5.66. The number of nitrogens with zero attached hydrogens (tertiary/aromatic N) is 1. The van der Waals surface area contributed by atoms with Gasteiger partial charge in [-0.05, 0) is 0 Å². The topological polar surface area (TPSA) is 61.5 Å². The lowest BCUT2D eigenvalue weighted by Gasteiger charge is -1.89. The van der Waals surface area contributed by atoms with E-state index in [1.165, 1.54) is 0 Å². The van der Waals surface area contributed by atoms with E-state index < -0.39 is 17.6 Å². The molecule has 12 heavy (non-hydrogen) atoms. The molecule has 6 heteroatoms. The van der Waals surface area contributed by atoms with Gasteiger partial charge in [-0.15, -0.1) is 0 Å². The van der Waals surface area contributed by atoms with Crippen molar-refractivity contribution in [1.29, 1.82) is 0 Å². The molecule has 2 rings (SSSR count). The van der Waals surface area contributed by atoms with E-state index in [1.54, 1.807) is 0 Å². The molecule has 0 spiro atoms. The standard InChI is InChI=1S/C6H3F2N3O/c7-3-1-2-4(5(8)10-3)11-6(12)9-2/h1H,(H2,9,11,12). The van der Waals surface area contributed by atoms with Crippen molar-refractivity contribution in [3.8, 4) is 0 Å². The molecule has 0 atom stereocenters. The zero-order valence-corrected chi connectivity index (χ0v) is 5.69. The quantitative estimate of drug-likeness (QED) is 0.568. The van der Waals surface area contributed by atoms with Gasteiger partial charge in [0, 0.05) is 6.07 Å². The summed E-state index contributed by atoms with van der Waals surface area (Å²) in [5.74, 6) is -1.99. The van der Waals surface area contributed by atoms with E-state index in [4.69, 9.17) is 0 Å². The van der Waals surface area contributed by atoms with Gasteiger partial charge in [0.2, 0.25) is 11.9 Å². The van der Waals surface area contributed by atoms with Crippen LogP contribution in [0, 0.1) is 11.9 Å². The highest BCUT2D eigenvalue weighted by Crippen LogP contribution is 2.09. The Labute approximate surface area is 64.3 Å². The van der Waals surface area contributed by atoms with Gasteiger partial charge in [-0.3, -0.25) is 0 Å². The molecule has 2 N–H and O–H groups in total. The number of hydrogen-bond acceptors (Lipinski definition) is 2. The van der Waals surface area contributed by atoms with Gasteiger partial charge in [-0.2, -0.15) is 13.8 Å². The SMILES string of the molecule is O=c1[nH]c2cc(F)nc(F)c2[nH]1. The lowest BCUT2D eigenvalue weighted by molar-refractivity contribution is 0.520. The molecule has 0 amide bonds. The van der Waals surface area contributed by atoms with Crippen molar-refractivity contribution in [2.24, 2.45) is 0 Å². The number of fused-ring (bicyclic) bond motifs is 1. The molecule has 2 heterocycles. The number of H-pyrrole nitrogens is 2. The van der Waals surface area contributed by atoms with Crippen molar-refractivity contribution in [3.63, 3.8) is 0 Å². The summed E-state index contributed by atoms with van der Waals surface area (Å²) < 4.78 is 25.1. The molecule has 0 bridgehead atoms. The van der Waals surface area contributed by atoms with E-state index >= 15 is 0 Å². The molecule has 2 aromatic rings. The molecule has 0 unspecified atom stereocenters. The molecule has 4 nitrogen and oxygen atoms in total. The lowest BCUT2D eigenvalue weighted by atomic mass is 10.4. The number of hydrogen-bond donors (Lipinski definition) is 2. The second-order valence-corrected chi connectivity index (χ2v) is 2.24. The van der Waals surface area contributed by atoms with Crippen LogP contribution in [0.3, 0.4) is 0 Å². The number of imidazole rings is 1. The van der Waals surface area contributed by atoms with E-state index in [2.05, 4.69) is 15.0 Å². The van der Waals surface area contributed by atoms with Crippen LogP contribution in [0.2, 0.25) is 0 Å². The maximum Gasteiger partial charge on any atom is 0.323 e. The number of aromatic nitrogens is 3. The first-order valence-corrected chi connectivity index (χ1v) is 3.11. The predicted octanol–water partition coefficient (Wildman–Crippen LogP) is 0.529. The van der Waals surface area contributed by atoms with Crippen molar-refractivity contribution in [1.82, 2.24) is 15.0 Å². The van der Waals surface area contributed by atoms with Crippen LogP contribution < -0.4 is 5.69 Å². The largest absolute Gasteiger partial charge is 0.323 e. The van der Waals surface area contributed by atoms with Crippen LogP contribution in [0.1, 0.15) is 0 Å². The Morgan fingerprint density at radius 1 is 1.33 bits per heavy atom. The third kappa shape index (κ3) is 0.884. The Balaban J connectivity index is 2.97. The third-order valence-electron chi connectivity index (χ3n) is 1.43. The summed E-state index contributed by atoms with van der Waals surface area (Å²) in [4.78, 5) is 17.9. The van der Waals surface area contributed by atoms with Crippen molar-refractivity contribution in [2.45, 2.75) is 0 Å².